The summed E-state index contributed by atoms with van der Waals surface area (Å²) < 4.78 is 10.3. The molecule has 0 radical (unpaired) electrons. The van der Waals surface area contributed by atoms with Gasteiger partial charge in [0.1, 0.15) is 17.4 Å². The number of hydrogen-bond acceptors (Lipinski definition) is 6. The first-order chi connectivity index (χ1) is 14.1. The van der Waals surface area contributed by atoms with Gasteiger partial charge >= 0.3 is 5.97 Å². The van der Waals surface area contributed by atoms with E-state index in [1.807, 2.05) is 30.3 Å². The number of carbonyl (C=O) groups is 2. The molecule has 0 saturated carbocycles. The molecule has 0 fully saturated rings. The van der Waals surface area contributed by atoms with E-state index in [9.17, 15) is 14.9 Å². The number of nitrogens with one attached hydrogen (secondary N) is 2. The van der Waals surface area contributed by atoms with Crippen LogP contribution in [-0.4, -0.2) is 32.1 Å². The summed E-state index contributed by atoms with van der Waals surface area (Å²) in [5.74, 6) is -0.373. The highest BCUT2D eigenvalue weighted by molar-refractivity contribution is 6.09. The van der Waals surface area contributed by atoms with E-state index >= 15 is 0 Å². The summed E-state index contributed by atoms with van der Waals surface area (Å²) in [6.45, 7) is 2.44. The molecule has 0 aliphatic carbocycles. The van der Waals surface area contributed by atoms with Gasteiger partial charge < -0.3 is 20.1 Å². The topological polar surface area (TPSA) is 100 Å². The van der Waals surface area contributed by atoms with Crippen molar-refractivity contribution < 1.29 is 19.1 Å². The summed E-state index contributed by atoms with van der Waals surface area (Å²) in [5.41, 5.74) is 1.42. The van der Waals surface area contributed by atoms with Crippen molar-refractivity contribution in [2.45, 2.75) is 13.3 Å². The maximum Gasteiger partial charge on any atom is 0.340 e. The van der Waals surface area contributed by atoms with Crippen LogP contribution in [0.3, 0.4) is 0 Å². The van der Waals surface area contributed by atoms with Crippen LogP contribution in [0.1, 0.15) is 22.8 Å². The molecule has 150 valence electrons. The van der Waals surface area contributed by atoms with Crippen molar-refractivity contribution >= 4 is 17.6 Å². The van der Waals surface area contributed by atoms with Crippen molar-refractivity contribution in [2.75, 3.05) is 25.6 Å². The number of ether oxygens (including phenoxy) is 2. The minimum absolute atomic E-state index is 0.108. The number of nitrogens with zero attached hydrogens (tertiary/aromatic N) is 1. The lowest BCUT2D eigenvalue weighted by Crippen LogP contribution is -2.19. The van der Waals surface area contributed by atoms with Crippen molar-refractivity contribution in [1.82, 2.24) is 5.32 Å². The highest BCUT2D eigenvalue weighted by Crippen LogP contribution is 2.18. The number of hydrogen-bond donors (Lipinski definition) is 2. The van der Waals surface area contributed by atoms with Crippen molar-refractivity contribution in [3.05, 3.63) is 71.4 Å². The zero-order valence-corrected chi connectivity index (χ0v) is 16.4. The third-order valence-electron chi connectivity index (χ3n) is 4.01. The van der Waals surface area contributed by atoms with Gasteiger partial charge in [0, 0.05) is 12.7 Å². The molecule has 0 unspecified atom stereocenters. The molecule has 0 spiro atoms. The number of esters is 1. The van der Waals surface area contributed by atoms with Crippen LogP contribution in [0.2, 0.25) is 0 Å². The highest BCUT2D eigenvalue weighted by Gasteiger charge is 2.16. The molecule has 2 rings (SSSR count). The lowest BCUT2D eigenvalue weighted by molar-refractivity contribution is -0.112. The summed E-state index contributed by atoms with van der Waals surface area (Å²) in [7, 11) is 1.61. The lowest BCUT2D eigenvalue weighted by atomic mass is 10.1. The third-order valence-corrected chi connectivity index (χ3v) is 4.01. The Morgan fingerprint density at radius 2 is 1.86 bits per heavy atom. The van der Waals surface area contributed by atoms with Gasteiger partial charge in [-0.25, -0.2) is 4.79 Å². The summed E-state index contributed by atoms with van der Waals surface area (Å²) >= 11 is 0. The van der Waals surface area contributed by atoms with Gasteiger partial charge in [0.15, 0.2) is 0 Å². The van der Waals surface area contributed by atoms with Crippen molar-refractivity contribution in [2.24, 2.45) is 0 Å². The molecular formula is C22H23N3O4. The molecule has 2 aromatic rings. The van der Waals surface area contributed by atoms with Gasteiger partial charge in [-0.2, -0.15) is 5.26 Å². The summed E-state index contributed by atoms with van der Waals surface area (Å²) in [6, 6.07) is 16.0. The second-order valence-electron chi connectivity index (χ2n) is 5.91. The number of anilines is 1. The van der Waals surface area contributed by atoms with Gasteiger partial charge in [0.2, 0.25) is 0 Å². The third kappa shape index (κ3) is 6.11. The summed E-state index contributed by atoms with van der Waals surface area (Å²) in [6.07, 6.45) is 2.02. The van der Waals surface area contributed by atoms with Gasteiger partial charge in [-0.3, -0.25) is 4.79 Å². The van der Waals surface area contributed by atoms with Crippen LogP contribution in [0.15, 0.2) is 60.3 Å². The molecule has 0 atom stereocenters. The SMILES string of the molecule is CCOC(=O)c1ccccc1NC(=O)/C(C#N)=C\NCCc1ccccc1OC. The number of methoxy groups -OCH3 is 1. The Hall–Kier alpha value is -3.79. The maximum atomic E-state index is 12.4. The number of para-hydroxylation sites is 2. The number of rotatable bonds is 9. The van der Waals surface area contributed by atoms with Crippen LogP contribution < -0.4 is 15.4 Å². The molecule has 0 aromatic heterocycles. The molecule has 2 N–H and O–H groups in total. The van der Waals surface area contributed by atoms with E-state index in [4.69, 9.17) is 9.47 Å². The Bertz CT molecular complexity index is 932. The van der Waals surface area contributed by atoms with Crippen LogP contribution in [0.4, 0.5) is 5.69 Å². The number of amides is 1. The second kappa shape index (κ2) is 11.1. The molecule has 0 bridgehead atoms. The largest absolute Gasteiger partial charge is 0.496 e. The molecular weight excluding hydrogens is 370 g/mol. The van der Waals surface area contributed by atoms with Crippen LogP contribution in [0.25, 0.3) is 0 Å². The van der Waals surface area contributed by atoms with E-state index in [1.165, 1.54) is 6.20 Å². The predicted molar refractivity (Wildman–Crippen MR) is 109 cm³/mol. The van der Waals surface area contributed by atoms with E-state index in [0.29, 0.717) is 13.0 Å². The van der Waals surface area contributed by atoms with E-state index < -0.39 is 11.9 Å². The Kier molecular flexibility index (Phi) is 8.27. The molecule has 2 aromatic carbocycles. The average Bonchev–Trinajstić information content (AvgIpc) is 2.74. The summed E-state index contributed by atoms with van der Waals surface area (Å²) in [5, 5.41) is 14.9. The first-order valence-corrected chi connectivity index (χ1v) is 9.13. The van der Waals surface area contributed by atoms with Gasteiger partial charge in [0.25, 0.3) is 5.91 Å². The smallest absolute Gasteiger partial charge is 0.340 e. The van der Waals surface area contributed by atoms with Crippen molar-refractivity contribution in [1.29, 1.82) is 5.26 Å². The maximum absolute atomic E-state index is 12.4. The molecule has 0 aliphatic heterocycles. The predicted octanol–water partition coefficient (Wildman–Crippen LogP) is 3.05. The van der Waals surface area contributed by atoms with Gasteiger partial charge in [-0.15, -0.1) is 0 Å². The fourth-order valence-electron chi connectivity index (χ4n) is 2.61. The van der Waals surface area contributed by atoms with Gasteiger partial charge in [0.05, 0.1) is 25.0 Å². The van der Waals surface area contributed by atoms with E-state index in [0.717, 1.165) is 11.3 Å². The van der Waals surface area contributed by atoms with Crippen LogP contribution >= 0.6 is 0 Å². The Morgan fingerprint density at radius 3 is 2.59 bits per heavy atom. The fourth-order valence-corrected chi connectivity index (χ4v) is 2.61. The molecule has 29 heavy (non-hydrogen) atoms. The number of carbonyl (C=O) groups excluding carboxylic acids is 2. The quantitative estimate of drug-likeness (QED) is 0.294. The molecule has 0 saturated heterocycles. The minimum atomic E-state index is -0.617. The monoisotopic (exact) mass is 393 g/mol. The summed E-state index contributed by atoms with van der Waals surface area (Å²) in [4.78, 5) is 24.4. The average molecular weight is 393 g/mol. The van der Waals surface area contributed by atoms with Crippen molar-refractivity contribution in [3.8, 4) is 11.8 Å². The molecule has 7 heteroatoms. The first-order valence-electron chi connectivity index (χ1n) is 9.13. The normalized spacial score (nSPS) is 10.6. The molecule has 1 amide bonds. The van der Waals surface area contributed by atoms with Crippen LogP contribution in [-0.2, 0) is 16.0 Å². The minimum Gasteiger partial charge on any atom is -0.496 e. The van der Waals surface area contributed by atoms with Crippen LogP contribution in [0, 0.1) is 11.3 Å². The standard InChI is InChI=1S/C22H23N3O4/c1-3-29-22(27)18-9-5-6-10-19(18)25-21(26)17(14-23)15-24-13-12-16-8-4-7-11-20(16)28-2/h4-11,15,24H,3,12-13H2,1-2H3,(H,25,26)/b17-15-. The zero-order valence-electron chi connectivity index (χ0n) is 16.4. The highest BCUT2D eigenvalue weighted by atomic mass is 16.5. The zero-order chi connectivity index (χ0) is 21.1. The second-order valence-corrected chi connectivity index (χ2v) is 5.91. The van der Waals surface area contributed by atoms with Crippen LogP contribution in [0.5, 0.6) is 5.75 Å². The number of benzene rings is 2. The Labute approximate surface area is 169 Å². The van der Waals surface area contributed by atoms with Gasteiger partial charge in [-0.1, -0.05) is 30.3 Å². The number of nitriles is 1. The van der Waals surface area contributed by atoms with E-state index in [1.54, 1.807) is 38.3 Å². The lowest BCUT2D eigenvalue weighted by Gasteiger charge is -2.10. The fraction of sp³-hybridized carbons (Fsp3) is 0.227. The molecule has 7 nitrogen and oxygen atoms in total. The van der Waals surface area contributed by atoms with Gasteiger partial charge in [-0.05, 0) is 37.1 Å². The first kappa shape index (κ1) is 21.5. The van der Waals surface area contributed by atoms with E-state index in [-0.39, 0.29) is 23.4 Å². The molecule has 0 heterocycles. The molecule has 0 aliphatic rings. The van der Waals surface area contributed by atoms with Crippen molar-refractivity contribution in [3.63, 3.8) is 0 Å². The van der Waals surface area contributed by atoms with E-state index in [2.05, 4.69) is 10.6 Å². The Morgan fingerprint density at radius 1 is 1.14 bits per heavy atom. The Balaban J connectivity index is 2.00.